The number of rotatable bonds is 7. The normalized spacial score (nSPS) is 12.4. The predicted octanol–water partition coefficient (Wildman–Crippen LogP) is 3.52. The monoisotopic (exact) mass is 328 g/mol. The Kier molecular flexibility index (Phi) is 5.10. The smallest absolute Gasteiger partial charge is 0.267 e. The molecule has 0 radical (unpaired) electrons. The van der Waals surface area contributed by atoms with Crippen LogP contribution in [0.15, 0.2) is 47.2 Å². The number of aliphatic hydroxyl groups is 1. The van der Waals surface area contributed by atoms with E-state index in [1.165, 1.54) is 5.56 Å². The number of fused-ring (bicyclic) bond motifs is 1. The van der Waals surface area contributed by atoms with E-state index in [9.17, 15) is 9.90 Å². The van der Waals surface area contributed by atoms with Gasteiger partial charge in [0.2, 0.25) is 0 Å². The van der Waals surface area contributed by atoms with Gasteiger partial charge >= 0.3 is 0 Å². The maximum Gasteiger partial charge on any atom is 0.267 e. The number of para-hydroxylation sites is 1. The molecule has 4 nitrogen and oxygen atoms in total. The van der Waals surface area contributed by atoms with E-state index in [-0.39, 0.29) is 18.4 Å². The summed E-state index contributed by atoms with van der Waals surface area (Å²) in [5, 5.41) is 17.4. The van der Waals surface area contributed by atoms with Crippen LogP contribution in [0.5, 0.6) is 0 Å². The third kappa shape index (κ3) is 3.81. The largest absolute Gasteiger partial charge is 0.396 e. The molecule has 1 atom stereocenters. The molecule has 1 amide bonds. The van der Waals surface area contributed by atoms with Crippen LogP contribution in [0.1, 0.15) is 34.8 Å². The van der Waals surface area contributed by atoms with Gasteiger partial charge in [0.25, 0.3) is 5.91 Å². The summed E-state index contributed by atoms with van der Waals surface area (Å²) < 4.78 is 0. The van der Waals surface area contributed by atoms with Crippen molar-refractivity contribution in [3.63, 3.8) is 0 Å². The van der Waals surface area contributed by atoms with Gasteiger partial charge in [-0.2, -0.15) is 11.3 Å². The average molecular weight is 328 g/mol. The highest BCUT2D eigenvalue weighted by Crippen LogP contribution is 2.25. The zero-order chi connectivity index (χ0) is 16.1. The zero-order valence-corrected chi connectivity index (χ0v) is 13.6. The first-order chi connectivity index (χ1) is 11.3. The molecule has 2 heterocycles. The van der Waals surface area contributed by atoms with Crippen LogP contribution in [0.25, 0.3) is 10.9 Å². The molecule has 0 aliphatic heterocycles. The molecule has 0 spiro atoms. The Morgan fingerprint density at radius 2 is 2.13 bits per heavy atom. The van der Waals surface area contributed by atoms with Gasteiger partial charge in [0.15, 0.2) is 0 Å². The number of benzene rings is 1. The Labute approximate surface area is 139 Å². The van der Waals surface area contributed by atoms with Crippen molar-refractivity contribution in [2.24, 2.45) is 0 Å². The highest BCUT2D eigenvalue weighted by Gasteiger charge is 2.13. The van der Waals surface area contributed by atoms with Crippen molar-refractivity contribution in [2.75, 3.05) is 13.2 Å². The van der Waals surface area contributed by atoms with E-state index < -0.39 is 0 Å². The third-order valence-corrected chi connectivity index (χ3v) is 4.75. The van der Waals surface area contributed by atoms with Crippen molar-refractivity contribution < 1.29 is 9.90 Å². The number of carbonyl (C=O) groups is 1. The number of hydrogen-bond acceptors (Lipinski definition) is 3. The number of nitrogens with one attached hydrogen (secondary N) is 2. The lowest BCUT2D eigenvalue weighted by atomic mass is 9.95. The highest BCUT2D eigenvalue weighted by atomic mass is 32.1. The Hall–Kier alpha value is -2.11. The Morgan fingerprint density at radius 1 is 1.26 bits per heavy atom. The summed E-state index contributed by atoms with van der Waals surface area (Å²) in [6, 6.07) is 11.8. The maximum atomic E-state index is 12.3. The first-order valence-corrected chi connectivity index (χ1v) is 8.71. The number of amides is 1. The second-order valence-electron chi connectivity index (χ2n) is 5.58. The van der Waals surface area contributed by atoms with Gasteiger partial charge in [-0.3, -0.25) is 4.79 Å². The lowest BCUT2D eigenvalue weighted by Gasteiger charge is -2.14. The van der Waals surface area contributed by atoms with Crippen molar-refractivity contribution in [1.82, 2.24) is 10.3 Å². The Bertz CT molecular complexity index is 731. The van der Waals surface area contributed by atoms with Crippen LogP contribution in [0.2, 0.25) is 0 Å². The summed E-state index contributed by atoms with van der Waals surface area (Å²) in [6.07, 6.45) is 1.54. The van der Waals surface area contributed by atoms with E-state index >= 15 is 0 Å². The second-order valence-corrected chi connectivity index (χ2v) is 6.36. The van der Waals surface area contributed by atoms with E-state index in [0.717, 1.165) is 23.7 Å². The summed E-state index contributed by atoms with van der Waals surface area (Å²) in [5.41, 5.74) is 2.79. The Balaban J connectivity index is 1.57. The van der Waals surface area contributed by atoms with Gasteiger partial charge in [0, 0.05) is 24.1 Å². The molecule has 2 aromatic heterocycles. The minimum absolute atomic E-state index is 0.0886. The summed E-state index contributed by atoms with van der Waals surface area (Å²) in [6.45, 7) is 0.755. The van der Waals surface area contributed by atoms with Crippen molar-refractivity contribution in [1.29, 1.82) is 0 Å². The van der Waals surface area contributed by atoms with Crippen molar-refractivity contribution in [2.45, 2.75) is 18.8 Å². The average Bonchev–Trinajstić information content (AvgIpc) is 3.23. The summed E-state index contributed by atoms with van der Waals surface area (Å²) in [7, 11) is 0. The number of thiophene rings is 1. The Morgan fingerprint density at radius 3 is 2.87 bits per heavy atom. The molecule has 0 aliphatic rings. The van der Waals surface area contributed by atoms with E-state index in [0.29, 0.717) is 12.2 Å². The van der Waals surface area contributed by atoms with Crippen LogP contribution in [-0.2, 0) is 0 Å². The number of aromatic amines is 1. The van der Waals surface area contributed by atoms with Crippen LogP contribution in [0.4, 0.5) is 0 Å². The standard InChI is InChI=1S/C18H20N2O2S/c21-9-6-13(15-7-10-23-12-15)5-8-19-18(22)17-11-14-3-1-2-4-16(14)20-17/h1-4,7,10-13,20-21H,5-6,8-9H2,(H,19,22)/t13-/m1/s1. The third-order valence-electron chi connectivity index (χ3n) is 4.05. The summed E-state index contributed by atoms with van der Waals surface area (Å²) in [4.78, 5) is 15.4. The minimum Gasteiger partial charge on any atom is -0.396 e. The zero-order valence-electron chi connectivity index (χ0n) is 12.8. The maximum absolute atomic E-state index is 12.3. The van der Waals surface area contributed by atoms with Crippen LogP contribution >= 0.6 is 11.3 Å². The molecular formula is C18H20N2O2S. The fourth-order valence-corrected chi connectivity index (χ4v) is 3.53. The topological polar surface area (TPSA) is 65.1 Å². The molecule has 5 heteroatoms. The molecule has 0 aliphatic carbocycles. The molecule has 0 unspecified atom stereocenters. The van der Waals surface area contributed by atoms with E-state index in [4.69, 9.17) is 0 Å². The number of carbonyl (C=O) groups excluding carboxylic acids is 1. The molecule has 120 valence electrons. The first kappa shape index (κ1) is 15.8. The number of hydrogen-bond donors (Lipinski definition) is 3. The predicted molar refractivity (Wildman–Crippen MR) is 94.0 cm³/mol. The lowest BCUT2D eigenvalue weighted by molar-refractivity contribution is 0.0948. The lowest BCUT2D eigenvalue weighted by Crippen LogP contribution is -2.26. The number of aromatic nitrogens is 1. The second kappa shape index (κ2) is 7.44. The van der Waals surface area contributed by atoms with Crippen LogP contribution in [0.3, 0.4) is 0 Å². The SMILES string of the molecule is O=C(NCC[C@H](CCO)c1ccsc1)c1cc2ccccc2[nH]1. The van der Waals surface area contributed by atoms with Gasteiger partial charge in [-0.1, -0.05) is 18.2 Å². The highest BCUT2D eigenvalue weighted by molar-refractivity contribution is 7.07. The van der Waals surface area contributed by atoms with Gasteiger partial charge in [-0.15, -0.1) is 0 Å². The van der Waals surface area contributed by atoms with Gasteiger partial charge in [-0.25, -0.2) is 0 Å². The van der Waals surface area contributed by atoms with Crippen molar-refractivity contribution >= 4 is 28.1 Å². The van der Waals surface area contributed by atoms with Gasteiger partial charge in [0.1, 0.15) is 5.69 Å². The fraction of sp³-hybridized carbons (Fsp3) is 0.278. The molecule has 3 N–H and O–H groups in total. The van der Waals surface area contributed by atoms with E-state index in [2.05, 4.69) is 21.7 Å². The number of H-pyrrole nitrogens is 1. The molecule has 0 fully saturated rings. The van der Waals surface area contributed by atoms with Crippen molar-refractivity contribution in [3.05, 3.63) is 58.4 Å². The van der Waals surface area contributed by atoms with Crippen molar-refractivity contribution in [3.8, 4) is 0 Å². The molecule has 3 aromatic rings. The minimum atomic E-state index is -0.0886. The molecule has 1 aromatic carbocycles. The van der Waals surface area contributed by atoms with Gasteiger partial charge in [0.05, 0.1) is 0 Å². The van der Waals surface area contributed by atoms with E-state index in [1.807, 2.05) is 35.7 Å². The van der Waals surface area contributed by atoms with E-state index in [1.54, 1.807) is 11.3 Å². The molecule has 0 saturated heterocycles. The van der Waals surface area contributed by atoms with Gasteiger partial charge < -0.3 is 15.4 Å². The molecule has 3 rings (SSSR count). The molecular weight excluding hydrogens is 308 g/mol. The van der Waals surface area contributed by atoms with Crippen LogP contribution < -0.4 is 5.32 Å². The number of aliphatic hydroxyl groups excluding tert-OH is 1. The molecule has 23 heavy (non-hydrogen) atoms. The molecule has 0 saturated carbocycles. The fourth-order valence-electron chi connectivity index (χ4n) is 2.79. The first-order valence-electron chi connectivity index (χ1n) is 7.77. The van der Waals surface area contributed by atoms with Crippen LogP contribution in [0, 0.1) is 0 Å². The molecule has 0 bridgehead atoms. The summed E-state index contributed by atoms with van der Waals surface area (Å²) >= 11 is 1.66. The quantitative estimate of drug-likeness (QED) is 0.621. The summed E-state index contributed by atoms with van der Waals surface area (Å²) in [5.74, 6) is 0.198. The van der Waals surface area contributed by atoms with Crippen LogP contribution in [-0.4, -0.2) is 29.1 Å². The van der Waals surface area contributed by atoms with Gasteiger partial charge in [-0.05, 0) is 53.3 Å².